The minimum atomic E-state index is -0.113. The molecule has 0 radical (unpaired) electrons. The van der Waals surface area contributed by atoms with E-state index in [9.17, 15) is 9.90 Å². The lowest BCUT2D eigenvalue weighted by atomic mass is 9.97. The molecule has 1 fully saturated rings. The first-order valence-electron chi connectivity index (χ1n) is 7.88. The van der Waals surface area contributed by atoms with Crippen LogP contribution in [0.25, 0.3) is 0 Å². The fraction of sp³-hybridized carbons (Fsp3) is 0.412. The minimum absolute atomic E-state index is 0.113. The molecule has 3 rings (SSSR count). The van der Waals surface area contributed by atoms with Gasteiger partial charge >= 0.3 is 0 Å². The minimum Gasteiger partial charge on any atom is -0.504 e. The zero-order valence-corrected chi connectivity index (χ0v) is 12.9. The summed E-state index contributed by atoms with van der Waals surface area (Å²) in [6.45, 7) is 3.04. The Bertz CT molecular complexity index is 693. The van der Waals surface area contributed by atoms with E-state index < -0.39 is 0 Å². The first-order chi connectivity index (χ1) is 11.2. The Morgan fingerprint density at radius 1 is 1.30 bits per heavy atom. The third-order valence-electron chi connectivity index (χ3n) is 4.20. The maximum absolute atomic E-state index is 11.7. The standard InChI is InChI=1S/C17H21N3O3/c21-15-3-1-2-4-16(15)23-12-13-5-9-20(10-6-13)11-14-17(22)19-8-7-18-14/h1-4,7-8,13,21H,5-6,9-12H2,(H,19,22). The van der Waals surface area contributed by atoms with Crippen LogP contribution in [0.15, 0.2) is 41.5 Å². The number of nitrogens with one attached hydrogen (secondary N) is 1. The van der Waals surface area contributed by atoms with Gasteiger partial charge in [0.1, 0.15) is 5.69 Å². The van der Waals surface area contributed by atoms with E-state index in [4.69, 9.17) is 4.74 Å². The number of ether oxygens (including phenoxy) is 1. The summed E-state index contributed by atoms with van der Waals surface area (Å²) in [5, 5.41) is 9.70. The lowest BCUT2D eigenvalue weighted by Gasteiger charge is -2.31. The van der Waals surface area contributed by atoms with Gasteiger partial charge in [0.15, 0.2) is 11.5 Å². The van der Waals surface area contributed by atoms with E-state index in [1.807, 2.05) is 6.07 Å². The number of likely N-dealkylation sites (tertiary alicyclic amines) is 1. The highest BCUT2D eigenvalue weighted by atomic mass is 16.5. The zero-order valence-electron chi connectivity index (χ0n) is 12.9. The molecule has 1 saturated heterocycles. The van der Waals surface area contributed by atoms with E-state index >= 15 is 0 Å². The molecule has 1 aromatic carbocycles. The summed E-state index contributed by atoms with van der Waals surface area (Å²) in [6.07, 6.45) is 5.19. The molecule has 23 heavy (non-hydrogen) atoms. The summed E-state index contributed by atoms with van der Waals surface area (Å²) in [5.74, 6) is 1.18. The summed E-state index contributed by atoms with van der Waals surface area (Å²) in [4.78, 5) is 20.7. The summed E-state index contributed by atoms with van der Waals surface area (Å²) in [6, 6.07) is 7.03. The van der Waals surface area contributed by atoms with Crippen molar-refractivity contribution in [1.29, 1.82) is 0 Å². The number of rotatable bonds is 5. The lowest BCUT2D eigenvalue weighted by Crippen LogP contribution is -2.36. The number of aromatic hydroxyl groups is 1. The number of hydrogen-bond donors (Lipinski definition) is 2. The first-order valence-corrected chi connectivity index (χ1v) is 7.88. The van der Waals surface area contributed by atoms with Crippen LogP contribution in [0.3, 0.4) is 0 Å². The molecule has 1 aliphatic heterocycles. The normalized spacial score (nSPS) is 16.3. The number of para-hydroxylation sites is 2. The molecule has 0 bridgehead atoms. The van der Waals surface area contributed by atoms with Crippen molar-refractivity contribution < 1.29 is 9.84 Å². The Balaban J connectivity index is 1.46. The monoisotopic (exact) mass is 315 g/mol. The number of piperidine rings is 1. The highest BCUT2D eigenvalue weighted by Gasteiger charge is 2.21. The van der Waals surface area contributed by atoms with E-state index in [1.54, 1.807) is 30.6 Å². The second-order valence-corrected chi connectivity index (χ2v) is 5.86. The van der Waals surface area contributed by atoms with Crippen molar-refractivity contribution in [1.82, 2.24) is 14.9 Å². The fourth-order valence-electron chi connectivity index (χ4n) is 2.80. The SMILES string of the molecule is O=c1[nH]ccnc1CN1CCC(COc2ccccc2O)CC1. The van der Waals surface area contributed by atoms with Crippen LogP contribution >= 0.6 is 0 Å². The smallest absolute Gasteiger partial charge is 0.270 e. The van der Waals surface area contributed by atoms with Gasteiger partial charge in [0.05, 0.1) is 6.61 Å². The Kier molecular flexibility index (Phi) is 4.92. The van der Waals surface area contributed by atoms with Gasteiger partial charge in [-0.2, -0.15) is 0 Å². The van der Waals surface area contributed by atoms with Gasteiger partial charge < -0.3 is 14.8 Å². The fourth-order valence-corrected chi connectivity index (χ4v) is 2.80. The topological polar surface area (TPSA) is 78.5 Å². The molecule has 0 atom stereocenters. The predicted octanol–water partition coefficient (Wildman–Crippen LogP) is 1.77. The van der Waals surface area contributed by atoms with Gasteiger partial charge in [0.25, 0.3) is 5.56 Å². The number of aromatic amines is 1. The second kappa shape index (κ2) is 7.28. The van der Waals surface area contributed by atoms with Crippen molar-refractivity contribution in [2.45, 2.75) is 19.4 Å². The van der Waals surface area contributed by atoms with Crippen molar-refractivity contribution in [3.63, 3.8) is 0 Å². The van der Waals surface area contributed by atoms with Gasteiger partial charge in [0.2, 0.25) is 0 Å². The molecule has 0 aliphatic carbocycles. The quantitative estimate of drug-likeness (QED) is 0.879. The van der Waals surface area contributed by atoms with Crippen molar-refractivity contribution in [2.24, 2.45) is 5.92 Å². The van der Waals surface area contributed by atoms with Crippen LogP contribution in [-0.4, -0.2) is 39.7 Å². The number of nitrogens with zero attached hydrogens (tertiary/aromatic N) is 2. The van der Waals surface area contributed by atoms with Crippen LogP contribution in [-0.2, 0) is 6.54 Å². The molecule has 6 heteroatoms. The highest BCUT2D eigenvalue weighted by molar-refractivity contribution is 5.37. The molecule has 0 spiro atoms. The maximum Gasteiger partial charge on any atom is 0.270 e. The number of aromatic nitrogens is 2. The van der Waals surface area contributed by atoms with Crippen molar-refractivity contribution >= 4 is 0 Å². The molecule has 1 aliphatic rings. The summed E-state index contributed by atoms with van der Waals surface area (Å²) in [7, 11) is 0. The molecule has 0 amide bonds. The van der Waals surface area contributed by atoms with E-state index in [0.717, 1.165) is 25.9 Å². The third-order valence-corrected chi connectivity index (χ3v) is 4.20. The number of H-pyrrole nitrogens is 1. The number of phenolic OH excluding ortho intramolecular Hbond substituents is 1. The van der Waals surface area contributed by atoms with Crippen LogP contribution in [0, 0.1) is 5.92 Å². The molecule has 122 valence electrons. The average molecular weight is 315 g/mol. The Hall–Kier alpha value is -2.34. The van der Waals surface area contributed by atoms with E-state index in [0.29, 0.717) is 30.5 Å². The maximum atomic E-state index is 11.7. The number of benzene rings is 1. The second-order valence-electron chi connectivity index (χ2n) is 5.86. The summed E-state index contributed by atoms with van der Waals surface area (Å²) in [5.41, 5.74) is 0.453. The van der Waals surface area contributed by atoms with Gasteiger partial charge in [-0.25, -0.2) is 0 Å². The Labute approximate surface area is 134 Å². The van der Waals surface area contributed by atoms with Crippen LogP contribution in [0.4, 0.5) is 0 Å². The third kappa shape index (κ3) is 4.10. The van der Waals surface area contributed by atoms with Crippen molar-refractivity contribution in [2.75, 3.05) is 19.7 Å². The van der Waals surface area contributed by atoms with Crippen LogP contribution in [0.5, 0.6) is 11.5 Å². The Morgan fingerprint density at radius 3 is 2.83 bits per heavy atom. The molecule has 2 N–H and O–H groups in total. The predicted molar refractivity (Wildman–Crippen MR) is 86.5 cm³/mol. The molecule has 0 unspecified atom stereocenters. The average Bonchev–Trinajstić information content (AvgIpc) is 2.57. The van der Waals surface area contributed by atoms with E-state index in [1.165, 1.54) is 0 Å². The van der Waals surface area contributed by atoms with E-state index in [2.05, 4.69) is 14.9 Å². The van der Waals surface area contributed by atoms with Crippen LogP contribution in [0.1, 0.15) is 18.5 Å². The van der Waals surface area contributed by atoms with Gasteiger partial charge in [-0.3, -0.25) is 14.7 Å². The van der Waals surface area contributed by atoms with Crippen molar-refractivity contribution in [3.05, 3.63) is 52.7 Å². The molecule has 2 aromatic rings. The largest absolute Gasteiger partial charge is 0.504 e. The van der Waals surface area contributed by atoms with Gasteiger partial charge in [0, 0.05) is 18.9 Å². The summed E-state index contributed by atoms with van der Waals surface area (Å²) < 4.78 is 5.71. The lowest BCUT2D eigenvalue weighted by molar-refractivity contribution is 0.134. The molecular weight excluding hydrogens is 294 g/mol. The molecule has 0 saturated carbocycles. The molecule has 1 aromatic heterocycles. The first kappa shape index (κ1) is 15.6. The molecular formula is C17H21N3O3. The van der Waals surface area contributed by atoms with Crippen molar-refractivity contribution in [3.8, 4) is 11.5 Å². The van der Waals surface area contributed by atoms with Crippen LogP contribution in [0.2, 0.25) is 0 Å². The Morgan fingerprint density at radius 2 is 2.09 bits per heavy atom. The van der Waals surface area contributed by atoms with Gasteiger partial charge in [-0.1, -0.05) is 12.1 Å². The number of phenols is 1. The van der Waals surface area contributed by atoms with Gasteiger partial charge in [-0.15, -0.1) is 0 Å². The molecule has 6 nitrogen and oxygen atoms in total. The zero-order chi connectivity index (χ0) is 16.1. The van der Waals surface area contributed by atoms with Gasteiger partial charge in [-0.05, 0) is 44.0 Å². The molecule has 2 heterocycles. The van der Waals surface area contributed by atoms with Crippen LogP contribution < -0.4 is 10.3 Å². The number of hydrogen-bond acceptors (Lipinski definition) is 5. The highest BCUT2D eigenvalue weighted by Crippen LogP contribution is 2.26. The van der Waals surface area contributed by atoms with E-state index in [-0.39, 0.29) is 11.3 Å². The summed E-state index contributed by atoms with van der Waals surface area (Å²) >= 11 is 0.